The zero-order chi connectivity index (χ0) is 15.2. The molecular formula is C17H34N2O. The number of carbonyl (C=O) groups is 1. The third-order valence-corrected chi connectivity index (χ3v) is 4.46. The summed E-state index contributed by atoms with van der Waals surface area (Å²) >= 11 is 0. The molecule has 1 saturated heterocycles. The van der Waals surface area contributed by atoms with Crippen molar-refractivity contribution in [2.24, 2.45) is 17.3 Å². The summed E-state index contributed by atoms with van der Waals surface area (Å²) in [7, 11) is 0. The molecule has 1 fully saturated rings. The summed E-state index contributed by atoms with van der Waals surface area (Å²) in [5.74, 6) is 1.70. The largest absolute Gasteiger partial charge is 0.342 e. The standard InChI is InChI=1S/C17H34N2O/c1-14(2)6-12-19(13-7-15(3)4)16(20)17(5)8-10-18-11-9-17/h14-15,18H,6-13H2,1-5H3. The van der Waals surface area contributed by atoms with E-state index in [0.717, 1.165) is 51.9 Å². The lowest BCUT2D eigenvalue weighted by atomic mass is 9.79. The SMILES string of the molecule is CC(C)CCN(CCC(C)C)C(=O)C1(C)CCNCC1. The highest BCUT2D eigenvalue weighted by atomic mass is 16.2. The summed E-state index contributed by atoms with van der Waals surface area (Å²) < 4.78 is 0. The summed E-state index contributed by atoms with van der Waals surface area (Å²) in [6.45, 7) is 14.9. The van der Waals surface area contributed by atoms with Crippen molar-refractivity contribution in [2.75, 3.05) is 26.2 Å². The molecule has 0 aromatic rings. The average Bonchev–Trinajstić information content (AvgIpc) is 2.38. The fourth-order valence-corrected chi connectivity index (χ4v) is 2.72. The van der Waals surface area contributed by atoms with Gasteiger partial charge in [-0.15, -0.1) is 0 Å². The van der Waals surface area contributed by atoms with E-state index < -0.39 is 0 Å². The number of hydrogen-bond acceptors (Lipinski definition) is 2. The Morgan fingerprint density at radius 1 is 1.05 bits per heavy atom. The van der Waals surface area contributed by atoms with E-state index in [1.54, 1.807) is 0 Å². The molecule has 0 atom stereocenters. The molecule has 0 bridgehead atoms. The molecule has 0 unspecified atom stereocenters. The Morgan fingerprint density at radius 3 is 1.90 bits per heavy atom. The Bertz CT molecular complexity index is 281. The zero-order valence-electron chi connectivity index (χ0n) is 14.2. The van der Waals surface area contributed by atoms with Gasteiger partial charge in [-0.2, -0.15) is 0 Å². The van der Waals surface area contributed by atoms with Crippen LogP contribution in [0.15, 0.2) is 0 Å². The van der Waals surface area contributed by atoms with E-state index in [-0.39, 0.29) is 5.41 Å². The Kier molecular flexibility index (Phi) is 7.01. The molecule has 0 aromatic carbocycles. The minimum Gasteiger partial charge on any atom is -0.342 e. The van der Waals surface area contributed by atoms with Gasteiger partial charge in [-0.05, 0) is 50.6 Å². The van der Waals surface area contributed by atoms with Gasteiger partial charge >= 0.3 is 0 Å². The zero-order valence-corrected chi connectivity index (χ0v) is 14.2. The van der Waals surface area contributed by atoms with Crippen LogP contribution in [0.25, 0.3) is 0 Å². The van der Waals surface area contributed by atoms with Gasteiger partial charge < -0.3 is 10.2 Å². The first-order valence-electron chi connectivity index (χ1n) is 8.35. The van der Waals surface area contributed by atoms with E-state index in [0.29, 0.717) is 17.7 Å². The van der Waals surface area contributed by atoms with Crippen molar-refractivity contribution < 1.29 is 4.79 Å². The van der Waals surface area contributed by atoms with Gasteiger partial charge in [-0.25, -0.2) is 0 Å². The van der Waals surface area contributed by atoms with E-state index in [4.69, 9.17) is 0 Å². The van der Waals surface area contributed by atoms with Crippen molar-refractivity contribution in [1.29, 1.82) is 0 Å². The number of nitrogens with one attached hydrogen (secondary N) is 1. The van der Waals surface area contributed by atoms with Crippen molar-refractivity contribution in [3.63, 3.8) is 0 Å². The summed E-state index contributed by atoms with van der Waals surface area (Å²) in [4.78, 5) is 15.1. The molecule has 3 nitrogen and oxygen atoms in total. The Balaban J connectivity index is 2.66. The second kappa shape index (κ2) is 8.02. The van der Waals surface area contributed by atoms with Crippen LogP contribution in [0.2, 0.25) is 0 Å². The predicted molar refractivity (Wildman–Crippen MR) is 85.7 cm³/mol. The van der Waals surface area contributed by atoms with Crippen LogP contribution in [0.3, 0.4) is 0 Å². The number of nitrogens with zero attached hydrogens (tertiary/aromatic N) is 1. The number of hydrogen-bond donors (Lipinski definition) is 1. The molecule has 1 heterocycles. The Morgan fingerprint density at radius 2 is 1.50 bits per heavy atom. The summed E-state index contributed by atoms with van der Waals surface area (Å²) in [5, 5.41) is 3.36. The lowest BCUT2D eigenvalue weighted by molar-refractivity contribution is -0.143. The second-order valence-corrected chi connectivity index (χ2v) is 7.47. The van der Waals surface area contributed by atoms with E-state index in [1.165, 1.54) is 0 Å². The van der Waals surface area contributed by atoms with Crippen LogP contribution in [0, 0.1) is 17.3 Å². The lowest BCUT2D eigenvalue weighted by Crippen LogP contribution is -2.48. The third kappa shape index (κ3) is 5.43. The molecule has 0 radical (unpaired) electrons. The number of rotatable bonds is 7. The molecule has 1 N–H and O–H groups in total. The predicted octanol–water partition coefficient (Wildman–Crippen LogP) is 3.30. The molecule has 0 aliphatic carbocycles. The second-order valence-electron chi connectivity index (χ2n) is 7.47. The van der Waals surface area contributed by atoms with Gasteiger partial charge in [-0.3, -0.25) is 4.79 Å². The molecule has 20 heavy (non-hydrogen) atoms. The quantitative estimate of drug-likeness (QED) is 0.777. The molecule has 1 aliphatic rings. The minimum atomic E-state index is -0.140. The van der Waals surface area contributed by atoms with Crippen molar-refractivity contribution >= 4 is 5.91 Å². The fraction of sp³-hybridized carbons (Fsp3) is 0.941. The Labute approximate surface area is 125 Å². The molecule has 0 aromatic heterocycles. The summed E-state index contributed by atoms with van der Waals surface area (Å²) in [5.41, 5.74) is -0.140. The van der Waals surface area contributed by atoms with Crippen LogP contribution < -0.4 is 5.32 Å². The highest BCUT2D eigenvalue weighted by Gasteiger charge is 2.37. The van der Waals surface area contributed by atoms with E-state index in [9.17, 15) is 4.79 Å². The van der Waals surface area contributed by atoms with Gasteiger partial charge in [0.1, 0.15) is 0 Å². The third-order valence-electron chi connectivity index (χ3n) is 4.46. The topological polar surface area (TPSA) is 32.3 Å². The normalized spacial score (nSPS) is 18.6. The van der Waals surface area contributed by atoms with Crippen LogP contribution in [0.4, 0.5) is 0 Å². The highest BCUT2D eigenvalue weighted by molar-refractivity contribution is 5.82. The van der Waals surface area contributed by atoms with Crippen molar-refractivity contribution in [3.8, 4) is 0 Å². The first-order chi connectivity index (χ1) is 9.35. The maximum Gasteiger partial charge on any atom is 0.228 e. The smallest absolute Gasteiger partial charge is 0.228 e. The summed E-state index contributed by atoms with van der Waals surface area (Å²) in [6.07, 6.45) is 4.17. The van der Waals surface area contributed by atoms with Crippen LogP contribution in [-0.4, -0.2) is 37.0 Å². The molecule has 3 heteroatoms. The van der Waals surface area contributed by atoms with Gasteiger partial charge in [0.05, 0.1) is 0 Å². The van der Waals surface area contributed by atoms with Crippen LogP contribution in [0.5, 0.6) is 0 Å². The van der Waals surface area contributed by atoms with Gasteiger partial charge in [0.15, 0.2) is 0 Å². The maximum absolute atomic E-state index is 12.9. The molecule has 1 amide bonds. The molecule has 1 aliphatic heterocycles. The maximum atomic E-state index is 12.9. The van der Waals surface area contributed by atoms with Gasteiger partial charge in [0, 0.05) is 18.5 Å². The first-order valence-corrected chi connectivity index (χ1v) is 8.35. The van der Waals surface area contributed by atoms with Gasteiger partial charge in [-0.1, -0.05) is 34.6 Å². The van der Waals surface area contributed by atoms with Crippen molar-refractivity contribution in [2.45, 2.75) is 60.3 Å². The van der Waals surface area contributed by atoms with E-state index in [1.807, 2.05) is 0 Å². The highest BCUT2D eigenvalue weighted by Crippen LogP contribution is 2.30. The lowest BCUT2D eigenvalue weighted by Gasteiger charge is -2.38. The number of carbonyl (C=O) groups excluding carboxylic acids is 1. The van der Waals surface area contributed by atoms with Gasteiger partial charge in [0.25, 0.3) is 0 Å². The van der Waals surface area contributed by atoms with Crippen LogP contribution in [-0.2, 0) is 4.79 Å². The minimum absolute atomic E-state index is 0.140. The first kappa shape index (κ1) is 17.5. The fourth-order valence-electron chi connectivity index (χ4n) is 2.72. The van der Waals surface area contributed by atoms with Crippen molar-refractivity contribution in [3.05, 3.63) is 0 Å². The molecule has 0 spiro atoms. The number of piperidine rings is 1. The molecular weight excluding hydrogens is 248 g/mol. The van der Waals surface area contributed by atoms with E-state index in [2.05, 4.69) is 44.8 Å². The molecule has 118 valence electrons. The molecule has 0 saturated carbocycles. The van der Waals surface area contributed by atoms with E-state index >= 15 is 0 Å². The summed E-state index contributed by atoms with van der Waals surface area (Å²) in [6, 6.07) is 0. The van der Waals surface area contributed by atoms with Crippen molar-refractivity contribution in [1.82, 2.24) is 10.2 Å². The van der Waals surface area contributed by atoms with Gasteiger partial charge in [0.2, 0.25) is 5.91 Å². The molecule has 1 rings (SSSR count). The number of amides is 1. The Hall–Kier alpha value is -0.570. The average molecular weight is 282 g/mol. The van der Waals surface area contributed by atoms with Crippen LogP contribution in [0.1, 0.15) is 60.3 Å². The van der Waals surface area contributed by atoms with Crippen LogP contribution >= 0.6 is 0 Å². The monoisotopic (exact) mass is 282 g/mol.